The van der Waals surface area contributed by atoms with E-state index in [1.165, 1.54) is 96.3 Å². The third-order valence-corrected chi connectivity index (χ3v) is 13.1. The Labute approximate surface area is 470 Å². The molecule has 0 aliphatic carbocycles. The van der Waals surface area contributed by atoms with Crippen LogP contribution in [0, 0.1) is 11.8 Å². The highest BCUT2D eigenvalue weighted by Crippen LogP contribution is 2.26. The minimum atomic E-state index is -0.0891. The van der Waals surface area contributed by atoms with Crippen molar-refractivity contribution in [3.8, 4) is 0 Å². The number of rotatable bonds is 39. The number of benzene rings is 2. The molecule has 4 N–H and O–H groups in total. The number of unbranched alkanes of at least 4 members (excludes halogenated alkanes) is 19. The van der Waals surface area contributed by atoms with Gasteiger partial charge in [-0.1, -0.05) is 262 Å². The quantitative estimate of drug-likeness (QED) is 0.0499. The zero-order valence-electron chi connectivity index (χ0n) is 44.6. The van der Waals surface area contributed by atoms with E-state index < -0.39 is 0 Å². The molecule has 0 aromatic heterocycles. The average molecular weight is 1060 g/mol. The maximum Gasteiger partial charge on any atom is 0.251 e. The van der Waals surface area contributed by atoms with E-state index in [2.05, 4.69) is 81.9 Å². The van der Waals surface area contributed by atoms with Crippen molar-refractivity contribution >= 4 is 35.0 Å². The van der Waals surface area contributed by atoms with E-state index in [0.29, 0.717) is 24.2 Å². The van der Waals surface area contributed by atoms with Crippen LogP contribution in [0.2, 0.25) is 0 Å². The van der Waals surface area contributed by atoms with Crippen molar-refractivity contribution in [3.05, 3.63) is 58.7 Å². The Morgan fingerprint density at radius 1 is 0.333 bits per heavy atom. The Morgan fingerprint density at radius 3 is 0.933 bits per heavy atom. The zero-order chi connectivity index (χ0) is 49.3. The highest BCUT2D eigenvalue weighted by molar-refractivity contribution is 6.00. The number of carbonyl (C=O) groups is 4. The van der Waals surface area contributed by atoms with E-state index in [1.807, 2.05) is 25.1 Å². The van der Waals surface area contributed by atoms with Crippen molar-refractivity contribution < 1.29 is 19.2 Å². The van der Waals surface area contributed by atoms with Crippen LogP contribution in [0.1, 0.15) is 333 Å². The van der Waals surface area contributed by atoms with Crippen LogP contribution >= 0.6 is 0 Å². The van der Waals surface area contributed by atoms with Gasteiger partial charge in [0.15, 0.2) is 0 Å². The number of carbonyl (C=O) groups excluding carboxylic acids is 4. The summed E-state index contributed by atoms with van der Waals surface area (Å²) in [6, 6.07) is 11.6. The second-order valence-electron chi connectivity index (χ2n) is 19.3. The van der Waals surface area contributed by atoms with Gasteiger partial charge in [0, 0.05) is 47.4 Å². The number of anilines is 2. The molecule has 8 nitrogen and oxygen atoms in total. The van der Waals surface area contributed by atoms with Gasteiger partial charge in [-0.05, 0) is 98.9 Å². The lowest BCUT2D eigenvalue weighted by Gasteiger charge is -2.19. The molecule has 0 fully saturated rings. The topological polar surface area (TPSA) is 116 Å². The Kier molecular flexibility index (Phi) is 69.9. The number of nitrogens with one attached hydrogen (secondary N) is 4. The van der Waals surface area contributed by atoms with Crippen LogP contribution in [0.5, 0.6) is 0 Å². The van der Waals surface area contributed by atoms with Gasteiger partial charge in [-0.25, -0.2) is 0 Å². The highest BCUT2D eigenvalue weighted by Gasteiger charge is 2.21. The van der Waals surface area contributed by atoms with Gasteiger partial charge in [-0.3, -0.25) is 19.2 Å². The monoisotopic (exact) mass is 1060 g/mol. The summed E-state index contributed by atoms with van der Waals surface area (Å²) in [6.45, 7) is 18.8. The third-order valence-electron chi connectivity index (χ3n) is 13.1. The molecule has 8 heteroatoms. The maximum atomic E-state index is 13.4. The highest BCUT2D eigenvalue weighted by atomic mass is 16.2. The Balaban J connectivity index is -0.000000194. The molecule has 2 aromatic carbocycles. The molecular weight excluding hydrogens is 925 g/mol. The van der Waals surface area contributed by atoms with Crippen molar-refractivity contribution in [2.45, 2.75) is 314 Å². The molecule has 0 aliphatic heterocycles. The van der Waals surface area contributed by atoms with Crippen LogP contribution in [-0.2, 0) is 22.4 Å². The van der Waals surface area contributed by atoms with Crippen LogP contribution in [0.25, 0.3) is 0 Å². The molecule has 0 heterocycles. The summed E-state index contributed by atoms with van der Waals surface area (Å²) < 4.78 is 0. The van der Waals surface area contributed by atoms with Crippen LogP contribution in [0.4, 0.5) is 11.4 Å². The Bertz CT molecular complexity index is 1550. The normalized spacial score (nSPS) is 10.6. The molecule has 0 saturated heterocycles. The number of amides is 4. The molecule has 446 valence electrons. The lowest BCUT2D eigenvalue weighted by Crippen LogP contribution is -2.27. The van der Waals surface area contributed by atoms with Gasteiger partial charge in [0.1, 0.15) is 0 Å². The first-order chi connectivity index (χ1) is 32.6. The fraction of sp³-hybridized carbons (Fsp3) is 0.761. The predicted octanol–water partition coefficient (Wildman–Crippen LogP) is 21.6. The molecule has 75 heavy (non-hydrogen) atoms. The summed E-state index contributed by atoms with van der Waals surface area (Å²) >= 11 is 0. The number of hydrogen-bond donors (Lipinski definition) is 4. The first-order valence-corrected chi connectivity index (χ1v) is 28.1. The average Bonchev–Trinajstić information content (AvgIpc) is 3.33. The smallest absolute Gasteiger partial charge is 0.251 e. The summed E-state index contributed by atoms with van der Waals surface area (Å²) in [4.78, 5) is 51.6. The van der Waals surface area contributed by atoms with Gasteiger partial charge in [0.05, 0.1) is 0 Å². The predicted molar refractivity (Wildman–Crippen MR) is 342 cm³/mol. The SMILES string of the molecule is C.C.C.C.C.C.C.C.CCCCCCCCCC(CCCC)C(=O)Nc1cc(CC)cc(NC(=O)C(CCCC)CCCCCCCC)c1.CCCCCCNC(=O)c1cc(CC)cc(C(=O)NCCCCCC)c1. The van der Waals surface area contributed by atoms with E-state index in [9.17, 15) is 19.2 Å². The van der Waals surface area contributed by atoms with E-state index >= 15 is 0 Å². The van der Waals surface area contributed by atoms with Gasteiger partial charge in [-0.15, -0.1) is 0 Å². The van der Waals surface area contributed by atoms with Gasteiger partial charge in [0.2, 0.25) is 11.8 Å². The first-order valence-electron chi connectivity index (χ1n) is 28.1. The van der Waals surface area contributed by atoms with Gasteiger partial charge < -0.3 is 21.3 Å². The van der Waals surface area contributed by atoms with Crippen LogP contribution in [-0.4, -0.2) is 36.7 Å². The van der Waals surface area contributed by atoms with Crippen LogP contribution < -0.4 is 21.3 Å². The molecule has 2 aromatic rings. The minimum absolute atomic E-state index is 0. The Morgan fingerprint density at radius 2 is 0.613 bits per heavy atom. The molecule has 2 atom stereocenters. The first kappa shape index (κ1) is 88.0. The van der Waals surface area contributed by atoms with Crippen LogP contribution in [0.15, 0.2) is 36.4 Å². The van der Waals surface area contributed by atoms with E-state index in [1.54, 1.807) is 6.07 Å². The molecule has 2 rings (SSSR count). The van der Waals surface area contributed by atoms with E-state index in [4.69, 9.17) is 0 Å². The molecule has 0 spiro atoms. The molecular formula is C67H134N4O4. The fourth-order valence-electron chi connectivity index (χ4n) is 8.63. The third kappa shape index (κ3) is 43.0. The van der Waals surface area contributed by atoms with Gasteiger partial charge in [0.25, 0.3) is 11.8 Å². The van der Waals surface area contributed by atoms with Crippen molar-refractivity contribution in [1.29, 1.82) is 0 Å². The molecule has 0 aliphatic rings. The summed E-state index contributed by atoms with van der Waals surface area (Å²) in [5, 5.41) is 12.4. The zero-order valence-corrected chi connectivity index (χ0v) is 44.6. The summed E-state index contributed by atoms with van der Waals surface area (Å²) in [5.74, 6) is 0.216. The molecule has 4 amide bonds. The standard InChI is InChI=1S/C37H66N2O2.C22H36N2O2.8CH4/c1-6-11-15-17-19-21-23-27-33(25-14-9-4)37(41)39-35-29-31(10-5)28-34(30-35)38-36(40)32(24-13-8-3)26-22-20-18-16-12-7-2;1-4-7-9-11-13-23-21(25)19-15-18(6-3)16-20(17-19)22(26)24-14-12-10-8-5-2;;;;;;;;/h28-30,32-33H,6-27H2,1-5H3,(H,38,40)(H,39,41);15-17H,4-14H2,1-3H3,(H,23,25)(H,24,26);8*1H4. The summed E-state index contributed by atoms with van der Waals surface area (Å²) in [6.07, 6.45) is 35.3. The largest absolute Gasteiger partial charge is 0.352 e. The lowest BCUT2D eigenvalue weighted by molar-refractivity contribution is -0.121. The number of hydrogen-bond acceptors (Lipinski definition) is 4. The van der Waals surface area contributed by atoms with Gasteiger partial charge in [-0.2, -0.15) is 0 Å². The van der Waals surface area contributed by atoms with Crippen molar-refractivity contribution in [3.63, 3.8) is 0 Å². The van der Waals surface area contributed by atoms with Gasteiger partial charge >= 0.3 is 0 Å². The lowest BCUT2D eigenvalue weighted by atomic mass is 9.93. The minimum Gasteiger partial charge on any atom is -0.352 e. The Hall–Kier alpha value is -3.68. The van der Waals surface area contributed by atoms with E-state index in [0.717, 1.165) is 125 Å². The maximum absolute atomic E-state index is 13.4. The van der Waals surface area contributed by atoms with Crippen LogP contribution in [0.3, 0.4) is 0 Å². The van der Waals surface area contributed by atoms with Crippen molar-refractivity contribution in [1.82, 2.24) is 10.6 Å². The molecule has 2 unspecified atom stereocenters. The summed E-state index contributed by atoms with van der Waals surface area (Å²) in [5.41, 5.74) is 4.93. The second kappa shape index (κ2) is 59.6. The number of aryl methyl sites for hydroxylation is 2. The summed E-state index contributed by atoms with van der Waals surface area (Å²) in [7, 11) is 0. The van der Waals surface area contributed by atoms with Crippen molar-refractivity contribution in [2.24, 2.45) is 11.8 Å². The molecule has 0 bridgehead atoms. The fourth-order valence-corrected chi connectivity index (χ4v) is 8.63. The molecule has 0 radical (unpaired) electrons. The molecule has 0 saturated carbocycles. The second-order valence-corrected chi connectivity index (χ2v) is 19.3. The van der Waals surface area contributed by atoms with Crippen molar-refractivity contribution in [2.75, 3.05) is 23.7 Å². The van der Waals surface area contributed by atoms with E-state index in [-0.39, 0.29) is 94.9 Å².